The van der Waals surface area contributed by atoms with Gasteiger partial charge in [0, 0.05) is 6.07 Å². The first-order valence-corrected chi connectivity index (χ1v) is 9.44. The molecule has 0 heterocycles. The molecular formula is C20H15Na3O9S. The van der Waals surface area contributed by atoms with Crippen molar-refractivity contribution in [2.75, 3.05) is 0 Å². The van der Waals surface area contributed by atoms with Gasteiger partial charge in [0.2, 0.25) is 0 Å². The van der Waals surface area contributed by atoms with Gasteiger partial charge in [-0.05, 0) is 23.3 Å². The zero-order valence-corrected chi connectivity index (χ0v) is 25.0. The number of rotatable bonds is 3. The first kappa shape index (κ1) is 36.7. The van der Waals surface area contributed by atoms with Gasteiger partial charge in [0.05, 0.1) is 16.8 Å². The van der Waals surface area contributed by atoms with Crippen molar-refractivity contribution in [1.29, 1.82) is 0 Å². The smallest absolute Gasteiger partial charge is 0.744 e. The number of hydrogen-bond acceptors (Lipinski definition) is 9. The van der Waals surface area contributed by atoms with E-state index >= 15 is 0 Å². The summed E-state index contributed by atoms with van der Waals surface area (Å²) in [5, 5.41) is 37.8. The summed E-state index contributed by atoms with van der Waals surface area (Å²) in [5.74, 6) is -3.31. The molecule has 0 amide bonds. The Hall–Kier alpha value is -0.890. The number of benzene rings is 3. The number of phenols is 2. The van der Waals surface area contributed by atoms with Crippen LogP contribution in [0.2, 0.25) is 0 Å². The average molecular weight is 500 g/mol. The third kappa shape index (κ3) is 14.9. The molecule has 33 heavy (non-hydrogen) atoms. The average Bonchev–Trinajstić information content (AvgIpc) is 2.71. The molecule has 0 saturated heterocycles. The fourth-order valence-electron chi connectivity index (χ4n) is 1.85. The van der Waals surface area contributed by atoms with Gasteiger partial charge in [-0.1, -0.05) is 60.7 Å². The first-order chi connectivity index (χ1) is 14.0. The van der Waals surface area contributed by atoms with Crippen LogP contribution in [0.3, 0.4) is 0 Å². The third-order valence-corrected chi connectivity index (χ3v) is 4.10. The zero-order chi connectivity index (χ0) is 22.7. The van der Waals surface area contributed by atoms with Gasteiger partial charge in [-0.15, -0.1) is 0 Å². The molecule has 3 aromatic rings. The molecule has 0 bridgehead atoms. The van der Waals surface area contributed by atoms with E-state index in [0.29, 0.717) is 6.07 Å². The number of aromatic hydroxyl groups is 2. The van der Waals surface area contributed by atoms with Crippen molar-refractivity contribution in [2.24, 2.45) is 0 Å². The van der Waals surface area contributed by atoms with Crippen LogP contribution in [0.5, 0.6) is 11.5 Å². The Morgan fingerprint density at radius 3 is 1.27 bits per heavy atom. The fraction of sp³-hybridized carbons (Fsp3) is 0. The maximum atomic E-state index is 10.4. The Morgan fingerprint density at radius 1 is 0.667 bits per heavy atom. The molecule has 0 aliphatic heterocycles. The summed E-state index contributed by atoms with van der Waals surface area (Å²) < 4.78 is 31.1. The first-order valence-electron chi connectivity index (χ1n) is 8.03. The summed E-state index contributed by atoms with van der Waals surface area (Å²) in [6.07, 6.45) is 0. The molecule has 13 heteroatoms. The van der Waals surface area contributed by atoms with Gasteiger partial charge in [-0.3, -0.25) is 0 Å². The maximum absolute atomic E-state index is 10.4. The van der Waals surface area contributed by atoms with Crippen LogP contribution in [0, 0.1) is 0 Å². The van der Waals surface area contributed by atoms with Crippen molar-refractivity contribution in [3.63, 3.8) is 0 Å². The summed E-state index contributed by atoms with van der Waals surface area (Å²) in [7, 11) is -4.72. The molecule has 0 atom stereocenters. The zero-order valence-electron chi connectivity index (χ0n) is 18.2. The summed E-state index contributed by atoms with van der Waals surface area (Å²) in [4.78, 5) is 19.4. The second-order valence-electron chi connectivity index (χ2n) is 5.41. The van der Waals surface area contributed by atoms with E-state index in [-0.39, 0.29) is 106 Å². The Kier molecular flexibility index (Phi) is 20.5. The van der Waals surface area contributed by atoms with Crippen molar-refractivity contribution in [3.8, 4) is 11.5 Å². The molecule has 0 saturated carbocycles. The number of carboxylic acid groups (broad SMARTS) is 2. The second kappa shape index (κ2) is 18.4. The molecule has 0 unspecified atom stereocenters. The van der Waals surface area contributed by atoms with Crippen molar-refractivity contribution < 1.29 is 132 Å². The molecule has 0 aliphatic rings. The van der Waals surface area contributed by atoms with E-state index in [2.05, 4.69) is 0 Å². The van der Waals surface area contributed by atoms with Gasteiger partial charge in [0.15, 0.2) is 0 Å². The van der Waals surface area contributed by atoms with E-state index < -0.39 is 32.7 Å². The van der Waals surface area contributed by atoms with Crippen LogP contribution < -0.4 is 98.9 Å². The minimum atomic E-state index is -4.72. The van der Waals surface area contributed by atoms with Crippen molar-refractivity contribution in [1.82, 2.24) is 0 Å². The van der Waals surface area contributed by atoms with E-state index in [9.17, 15) is 32.8 Å². The largest absolute Gasteiger partial charge is 1.00 e. The molecule has 3 aromatic carbocycles. The molecule has 0 aromatic heterocycles. The fourth-order valence-corrected chi connectivity index (χ4v) is 2.44. The standard InChI is InChI=1S/2C7H6O2.C6H6O5S.3Na/c2*8-7(9)6-4-2-1-3-5-6;7-4-1-2-5(8)6(3-4)12(9,10)11;;;/h2*1-5H,(H,8,9);1-3,7-8H,(H,9,10,11);;;/q;;;3*+1/p-3. The van der Waals surface area contributed by atoms with E-state index in [1.807, 2.05) is 0 Å². The normalized spacial score (nSPS) is 9.00. The number of hydrogen-bond donors (Lipinski definition) is 2. The van der Waals surface area contributed by atoms with Gasteiger partial charge >= 0.3 is 88.7 Å². The number of carboxylic acids is 2. The molecule has 0 radical (unpaired) electrons. The number of aromatic carboxylic acids is 2. The summed E-state index contributed by atoms with van der Waals surface area (Å²) in [5.41, 5.74) is 0.440. The summed E-state index contributed by atoms with van der Waals surface area (Å²) >= 11 is 0. The van der Waals surface area contributed by atoms with Gasteiger partial charge in [-0.2, -0.15) is 0 Å². The van der Waals surface area contributed by atoms with E-state index in [4.69, 9.17) is 10.2 Å². The van der Waals surface area contributed by atoms with Gasteiger partial charge in [-0.25, -0.2) is 8.42 Å². The SMILES string of the molecule is O=C([O-])c1ccccc1.O=C([O-])c1ccccc1.O=S(=O)([O-])c1cc(O)ccc1O.[Na+].[Na+].[Na+]. The molecule has 158 valence electrons. The summed E-state index contributed by atoms with van der Waals surface area (Å²) in [6, 6.07) is 18.8. The molecule has 0 aliphatic carbocycles. The van der Waals surface area contributed by atoms with Crippen LogP contribution in [0.25, 0.3) is 0 Å². The van der Waals surface area contributed by atoms with E-state index in [0.717, 1.165) is 12.1 Å². The van der Waals surface area contributed by atoms with Crippen LogP contribution in [-0.2, 0) is 10.1 Å². The Labute approximate surface area is 257 Å². The van der Waals surface area contributed by atoms with Gasteiger partial charge < -0.3 is 34.6 Å². The monoisotopic (exact) mass is 500 g/mol. The minimum Gasteiger partial charge on any atom is -0.744 e. The second-order valence-corrected chi connectivity index (χ2v) is 6.76. The van der Waals surface area contributed by atoms with E-state index in [1.165, 1.54) is 24.3 Å². The van der Waals surface area contributed by atoms with Crippen LogP contribution in [0.1, 0.15) is 20.7 Å². The summed E-state index contributed by atoms with van der Waals surface area (Å²) in [6.45, 7) is 0. The van der Waals surface area contributed by atoms with Crippen molar-refractivity contribution >= 4 is 22.1 Å². The molecule has 0 fully saturated rings. The molecule has 2 N–H and O–H groups in total. The quantitative estimate of drug-likeness (QED) is 0.201. The molecule has 3 rings (SSSR count). The third-order valence-electron chi connectivity index (χ3n) is 3.23. The van der Waals surface area contributed by atoms with Gasteiger partial charge in [0.25, 0.3) is 0 Å². The Balaban J connectivity index is -0.000000396. The number of carbonyl (C=O) groups is 2. The molecule has 9 nitrogen and oxygen atoms in total. The maximum Gasteiger partial charge on any atom is 1.00 e. The van der Waals surface area contributed by atoms with Crippen LogP contribution in [0.4, 0.5) is 0 Å². The predicted molar refractivity (Wildman–Crippen MR) is 99.3 cm³/mol. The minimum absolute atomic E-state index is 0. The van der Waals surface area contributed by atoms with Crippen LogP contribution in [0.15, 0.2) is 83.8 Å². The number of phenolic OH excluding ortho intramolecular Hbond substituents is 2. The topological polar surface area (TPSA) is 178 Å². The van der Waals surface area contributed by atoms with Crippen molar-refractivity contribution in [3.05, 3.63) is 90.0 Å². The van der Waals surface area contributed by atoms with Crippen LogP contribution >= 0.6 is 0 Å². The van der Waals surface area contributed by atoms with Crippen molar-refractivity contribution in [2.45, 2.75) is 4.90 Å². The number of carbonyl (C=O) groups excluding carboxylic acids is 2. The Bertz CT molecular complexity index is 1040. The van der Waals surface area contributed by atoms with Gasteiger partial charge in [0.1, 0.15) is 21.6 Å². The van der Waals surface area contributed by atoms with E-state index in [1.54, 1.807) is 36.4 Å². The van der Waals surface area contributed by atoms with Crippen LogP contribution in [-0.4, -0.2) is 35.1 Å². The molecule has 0 spiro atoms. The Morgan fingerprint density at radius 2 is 1.03 bits per heavy atom. The predicted octanol–water partition coefficient (Wildman–Crippen LogP) is -8.89. The molecular weight excluding hydrogens is 485 g/mol.